The quantitative estimate of drug-likeness (QED) is 0.618. The van der Waals surface area contributed by atoms with E-state index < -0.39 is 22.9 Å². The molecule has 0 spiro atoms. The molecule has 1 heterocycles. The maximum atomic E-state index is 13.4. The summed E-state index contributed by atoms with van der Waals surface area (Å²) < 4.78 is 52.6. The molecule has 160 valence electrons. The van der Waals surface area contributed by atoms with E-state index in [1.807, 2.05) is 0 Å². The number of alkyl halides is 3. The van der Waals surface area contributed by atoms with E-state index in [-0.39, 0.29) is 36.2 Å². The van der Waals surface area contributed by atoms with Crippen LogP contribution in [0.5, 0.6) is 0 Å². The second-order valence-corrected chi connectivity index (χ2v) is 7.84. The molecule has 1 aliphatic heterocycles. The summed E-state index contributed by atoms with van der Waals surface area (Å²) in [4.78, 5) is 28.0. The van der Waals surface area contributed by atoms with Crippen LogP contribution in [0.1, 0.15) is 33.8 Å². The van der Waals surface area contributed by atoms with E-state index in [9.17, 15) is 27.2 Å². The second kappa shape index (κ2) is 9.07. The summed E-state index contributed by atoms with van der Waals surface area (Å²) in [5.74, 6) is -0.929. The summed E-state index contributed by atoms with van der Waals surface area (Å²) in [5, 5.41) is -0.553. The number of amides is 2. The number of likely N-dealkylation sites (N-methyl/N-ethyl adjacent to an activating group) is 1. The fraction of sp³-hybridized carbons (Fsp3) is 0.333. The zero-order valence-electron chi connectivity index (χ0n) is 16.2. The molecule has 1 saturated heterocycles. The van der Waals surface area contributed by atoms with Crippen LogP contribution in [0.25, 0.3) is 0 Å². The summed E-state index contributed by atoms with van der Waals surface area (Å²) in [6.45, 7) is 2.47. The average molecular weight is 440 g/mol. The molecule has 1 aliphatic rings. The van der Waals surface area contributed by atoms with Gasteiger partial charge < -0.3 is 9.80 Å². The van der Waals surface area contributed by atoms with Crippen LogP contribution in [0, 0.1) is 5.82 Å². The van der Waals surface area contributed by atoms with Gasteiger partial charge in [-0.1, -0.05) is 18.2 Å². The Labute approximate surface area is 175 Å². The van der Waals surface area contributed by atoms with Gasteiger partial charge >= 0.3 is 6.18 Å². The lowest BCUT2D eigenvalue weighted by Crippen LogP contribution is -2.40. The van der Waals surface area contributed by atoms with E-state index in [4.69, 9.17) is 0 Å². The second-order valence-electron chi connectivity index (χ2n) is 6.77. The summed E-state index contributed by atoms with van der Waals surface area (Å²) >= 11 is 1.25. The first-order valence-corrected chi connectivity index (χ1v) is 10.4. The Bertz CT molecular complexity index is 935. The number of hydrogen-bond donors (Lipinski definition) is 0. The Balaban J connectivity index is 1.74. The summed E-state index contributed by atoms with van der Waals surface area (Å²) in [5.41, 5.74) is -0.176. The largest absolute Gasteiger partial charge is 0.416 e. The molecule has 1 atom stereocenters. The van der Waals surface area contributed by atoms with E-state index >= 15 is 0 Å². The van der Waals surface area contributed by atoms with Crippen LogP contribution < -0.4 is 0 Å². The molecule has 0 N–H and O–H groups in total. The molecule has 0 bridgehead atoms. The van der Waals surface area contributed by atoms with E-state index in [1.165, 1.54) is 45.8 Å². The Morgan fingerprint density at radius 3 is 2.60 bits per heavy atom. The van der Waals surface area contributed by atoms with Crippen molar-refractivity contribution in [2.75, 3.05) is 25.4 Å². The van der Waals surface area contributed by atoms with E-state index in [0.717, 1.165) is 18.2 Å². The van der Waals surface area contributed by atoms with Crippen molar-refractivity contribution in [3.63, 3.8) is 0 Å². The minimum atomic E-state index is -4.47. The fourth-order valence-electron chi connectivity index (χ4n) is 3.28. The molecule has 2 aromatic rings. The highest BCUT2D eigenvalue weighted by Crippen LogP contribution is 2.40. The lowest BCUT2D eigenvalue weighted by molar-refractivity contribution is -0.137. The van der Waals surface area contributed by atoms with E-state index in [0.29, 0.717) is 12.1 Å². The van der Waals surface area contributed by atoms with Crippen LogP contribution >= 0.6 is 11.8 Å². The number of rotatable bonds is 6. The van der Waals surface area contributed by atoms with Crippen molar-refractivity contribution < 1.29 is 27.2 Å². The third-order valence-electron chi connectivity index (χ3n) is 4.82. The van der Waals surface area contributed by atoms with Crippen LogP contribution in [0.4, 0.5) is 17.6 Å². The topological polar surface area (TPSA) is 40.6 Å². The van der Waals surface area contributed by atoms with Crippen molar-refractivity contribution in [3.8, 4) is 0 Å². The van der Waals surface area contributed by atoms with Gasteiger partial charge in [0.2, 0.25) is 5.91 Å². The molecule has 1 unspecified atom stereocenters. The van der Waals surface area contributed by atoms with Crippen molar-refractivity contribution in [3.05, 3.63) is 71.0 Å². The zero-order chi connectivity index (χ0) is 21.9. The van der Waals surface area contributed by atoms with Crippen molar-refractivity contribution >= 4 is 23.6 Å². The molecule has 0 radical (unpaired) electrons. The highest BCUT2D eigenvalue weighted by Gasteiger charge is 2.36. The molecule has 0 aromatic heterocycles. The highest BCUT2D eigenvalue weighted by molar-refractivity contribution is 8.00. The van der Waals surface area contributed by atoms with Gasteiger partial charge in [0, 0.05) is 25.2 Å². The van der Waals surface area contributed by atoms with Crippen LogP contribution in [0.15, 0.2) is 48.5 Å². The minimum absolute atomic E-state index is 0.158. The van der Waals surface area contributed by atoms with Gasteiger partial charge in [-0.2, -0.15) is 13.2 Å². The van der Waals surface area contributed by atoms with Crippen molar-refractivity contribution in [1.29, 1.82) is 0 Å². The molecule has 1 fully saturated rings. The predicted molar refractivity (Wildman–Crippen MR) is 106 cm³/mol. The number of hydrogen-bond acceptors (Lipinski definition) is 3. The summed E-state index contributed by atoms with van der Waals surface area (Å²) in [7, 11) is 0. The maximum absolute atomic E-state index is 13.4. The van der Waals surface area contributed by atoms with Gasteiger partial charge in [-0.15, -0.1) is 11.8 Å². The monoisotopic (exact) mass is 440 g/mol. The van der Waals surface area contributed by atoms with Gasteiger partial charge in [-0.05, 0) is 42.8 Å². The Hall–Kier alpha value is -2.55. The van der Waals surface area contributed by atoms with E-state index in [2.05, 4.69) is 0 Å². The fourth-order valence-corrected chi connectivity index (χ4v) is 4.48. The first-order valence-electron chi connectivity index (χ1n) is 9.33. The van der Waals surface area contributed by atoms with Crippen LogP contribution in [0.3, 0.4) is 0 Å². The maximum Gasteiger partial charge on any atom is 0.416 e. The van der Waals surface area contributed by atoms with Crippen molar-refractivity contribution in [2.24, 2.45) is 0 Å². The van der Waals surface area contributed by atoms with Gasteiger partial charge in [0.15, 0.2) is 0 Å². The zero-order valence-corrected chi connectivity index (χ0v) is 17.0. The average Bonchev–Trinajstić information content (AvgIpc) is 3.08. The van der Waals surface area contributed by atoms with Gasteiger partial charge in [-0.25, -0.2) is 4.39 Å². The standard InChI is InChI=1S/C21H20F4N2O2S/c1-2-26(19(29)14-5-4-8-17(22)12-14)9-10-27-18(28)13-30-20(27)15-6-3-7-16(11-15)21(23,24)25/h3-8,11-12,20H,2,9-10,13H2,1H3. The molecule has 4 nitrogen and oxygen atoms in total. The minimum Gasteiger partial charge on any atom is -0.337 e. The van der Waals surface area contributed by atoms with Gasteiger partial charge in [0.25, 0.3) is 5.91 Å². The normalized spacial score (nSPS) is 16.8. The first-order chi connectivity index (χ1) is 14.2. The number of nitrogens with zero attached hydrogens (tertiary/aromatic N) is 2. The molecule has 30 heavy (non-hydrogen) atoms. The van der Waals surface area contributed by atoms with Gasteiger partial charge in [-0.3, -0.25) is 9.59 Å². The predicted octanol–water partition coefficient (Wildman–Crippen LogP) is 4.58. The first kappa shape index (κ1) is 22.1. The highest BCUT2D eigenvalue weighted by atomic mass is 32.2. The number of carbonyl (C=O) groups is 2. The molecule has 3 rings (SSSR count). The molecule has 2 aromatic carbocycles. The van der Waals surface area contributed by atoms with Gasteiger partial charge in [0.05, 0.1) is 11.3 Å². The van der Waals surface area contributed by atoms with Crippen LogP contribution in [0.2, 0.25) is 0 Å². The Kier molecular flexibility index (Phi) is 6.70. The summed E-state index contributed by atoms with van der Waals surface area (Å²) in [6, 6.07) is 10.3. The third-order valence-corrected chi connectivity index (χ3v) is 6.07. The Morgan fingerprint density at radius 2 is 1.93 bits per heavy atom. The van der Waals surface area contributed by atoms with Crippen molar-refractivity contribution in [1.82, 2.24) is 9.80 Å². The smallest absolute Gasteiger partial charge is 0.337 e. The van der Waals surface area contributed by atoms with Crippen molar-refractivity contribution in [2.45, 2.75) is 18.5 Å². The molecule has 2 amide bonds. The molecule has 9 heteroatoms. The molecular formula is C21H20F4N2O2S. The molecule has 0 saturated carbocycles. The van der Waals surface area contributed by atoms with E-state index in [1.54, 1.807) is 13.0 Å². The van der Waals surface area contributed by atoms with Gasteiger partial charge in [0.1, 0.15) is 11.2 Å². The number of benzene rings is 2. The lowest BCUT2D eigenvalue weighted by atomic mass is 10.1. The number of thioether (sulfide) groups is 1. The molecular weight excluding hydrogens is 420 g/mol. The molecule has 0 aliphatic carbocycles. The number of carbonyl (C=O) groups excluding carboxylic acids is 2. The summed E-state index contributed by atoms with van der Waals surface area (Å²) in [6.07, 6.45) is -4.47. The third kappa shape index (κ3) is 4.95. The number of halogens is 4. The lowest BCUT2D eigenvalue weighted by Gasteiger charge is -2.28. The van der Waals surface area contributed by atoms with Crippen LogP contribution in [-0.2, 0) is 11.0 Å². The Morgan fingerprint density at radius 1 is 1.20 bits per heavy atom. The van der Waals surface area contributed by atoms with Crippen LogP contribution in [-0.4, -0.2) is 47.0 Å². The SMILES string of the molecule is CCN(CCN1C(=O)CSC1c1cccc(C(F)(F)F)c1)C(=O)c1cccc(F)c1.